The molecule has 3 amide bonds. The number of halogens is 1. The minimum Gasteiger partial charge on any atom is -0.467 e. The predicted octanol–water partition coefficient (Wildman–Crippen LogP) is 3.52. The number of benzene rings is 2. The maximum absolute atomic E-state index is 14.0. The standard InChI is InChI=1S/C28H28FN3O5/c1-19-6-2-3-10-23(19)27(35)31-13-11-28(12-14-31)32(26(34)20-7-4-8-21(29)16-20)24(18-37-28)25(33)30-17-22-9-5-15-36-22/h2-10,15-16,24H,11-14,17-18H2,1H3,(H,30,33). The molecule has 1 spiro atoms. The number of furan rings is 1. The molecule has 0 aliphatic carbocycles. The van der Waals surface area contributed by atoms with E-state index in [2.05, 4.69) is 5.32 Å². The number of ether oxygens (including phenoxy) is 1. The highest BCUT2D eigenvalue weighted by Crippen LogP contribution is 2.39. The zero-order valence-electron chi connectivity index (χ0n) is 20.5. The van der Waals surface area contributed by atoms with Gasteiger partial charge in [-0.3, -0.25) is 19.3 Å². The molecule has 2 saturated heterocycles. The number of hydrogen-bond donors (Lipinski definition) is 1. The molecule has 2 fully saturated rings. The van der Waals surface area contributed by atoms with E-state index in [0.717, 1.165) is 11.6 Å². The molecule has 3 heterocycles. The van der Waals surface area contributed by atoms with E-state index in [0.29, 0.717) is 37.3 Å². The van der Waals surface area contributed by atoms with Crippen LogP contribution >= 0.6 is 0 Å². The van der Waals surface area contributed by atoms with Gasteiger partial charge in [0.15, 0.2) is 0 Å². The summed E-state index contributed by atoms with van der Waals surface area (Å²) in [5.74, 6) is -0.933. The van der Waals surface area contributed by atoms with E-state index in [9.17, 15) is 18.8 Å². The van der Waals surface area contributed by atoms with Gasteiger partial charge in [-0.05, 0) is 48.9 Å². The number of nitrogens with zero attached hydrogens (tertiary/aromatic N) is 2. The average molecular weight is 506 g/mol. The number of nitrogens with one attached hydrogen (secondary N) is 1. The summed E-state index contributed by atoms with van der Waals surface area (Å²) in [5, 5.41) is 2.81. The minimum absolute atomic E-state index is 0.00319. The summed E-state index contributed by atoms with van der Waals surface area (Å²) in [6.45, 7) is 2.75. The number of rotatable bonds is 5. The van der Waals surface area contributed by atoms with Gasteiger partial charge in [0.2, 0.25) is 5.91 Å². The minimum atomic E-state index is -1.08. The zero-order valence-corrected chi connectivity index (χ0v) is 20.5. The summed E-state index contributed by atoms with van der Waals surface area (Å²) in [7, 11) is 0. The molecular formula is C28H28FN3O5. The third-order valence-corrected chi connectivity index (χ3v) is 7.08. The quantitative estimate of drug-likeness (QED) is 0.573. The van der Waals surface area contributed by atoms with Crippen LogP contribution in [0.25, 0.3) is 0 Å². The molecule has 3 aromatic rings. The average Bonchev–Trinajstić information content (AvgIpc) is 3.56. The second-order valence-corrected chi connectivity index (χ2v) is 9.36. The summed E-state index contributed by atoms with van der Waals surface area (Å²) < 4.78 is 25.5. The molecule has 37 heavy (non-hydrogen) atoms. The van der Waals surface area contributed by atoms with Crippen LogP contribution in [-0.4, -0.2) is 59.0 Å². The first-order valence-corrected chi connectivity index (χ1v) is 12.3. The van der Waals surface area contributed by atoms with Crippen molar-refractivity contribution in [1.82, 2.24) is 15.1 Å². The molecule has 9 heteroatoms. The number of carbonyl (C=O) groups excluding carboxylic acids is 3. The molecule has 2 aromatic carbocycles. The molecule has 1 atom stereocenters. The summed E-state index contributed by atoms with van der Waals surface area (Å²) in [6.07, 6.45) is 2.17. The first-order valence-electron chi connectivity index (χ1n) is 12.3. The molecule has 0 saturated carbocycles. The highest BCUT2D eigenvalue weighted by molar-refractivity contribution is 5.99. The van der Waals surface area contributed by atoms with Gasteiger partial charge in [0.25, 0.3) is 11.8 Å². The van der Waals surface area contributed by atoms with Crippen LogP contribution < -0.4 is 5.32 Å². The van der Waals surface area contributed by atoms with Gasteiger partial charge in [-0.25, -0.2) is 4.39 Å². The van der Waals surface area contributed by atoms with Crippen molar-refractivity contribution in [1.29, 1.82) is 0 Å². The number of piperidine rings is 1. The Hall–Kier alpha value is -3.98. The highest BCUT2D eigenvalue weighted by atomic mass is 19.1. The lowest BCUT2D eigenvalue weighted by atomic mass is 9.95. The molecule has 0 bridgehead atoms. The molecule has 5 rings (SSSR count). The Kier molecular flexibility index (Phi) is 6.80. The van der Waals surface area contributed by atoms with Crippen molar-refractivity contribution in [3.8, 4) is 0 Å². The van der Waals surface area contributed by atoms with Gasteiger partial charge < -0.3 is 19.4 Å². The number of carbonyl (C=O) groups is 3. The monoisotopic (exact) mass is 505 g/mol. The Balaban J connectivity index is 1.38. The van der Waals surface area contributed by atoms with Gasteiger partial charge >= 0.3 is 0 Å². The second-order valence-electron chi connectivity index (χ2n) is 9.36. The van der Waals surface area contributed by atoms with Crippen LogP contribution in [0, 0.1) is 12.7 Å². The van der Waals surface area contributed by atoms with E-state index in [1.807, 2.05) is 25.1 Å². The number of likely N-dealkylation sites (tertiary alicyclic amines) is 1. The van der Waals surface area contributed by atoms with Crippen LogP contribution in [0.4, 0.5) is 4.39 Å². The van der Waals surface area contributed by atoms with E-state index in [-0.39, 0.29) is 24.6 Å². The normalized spacial score (nSPS) is 18.7. The maximum Gasteiger partial charge on any atom is 0.256 e. The molecule has 2 aliphatic rings. The summed E-state index contributed by atoms with van der Waals surface area (Å²) in [5.41, 5.74) is 0.570. The molecule has 1 N–H and O–H groups in total. The Morgan fingerprint density at radius 3 is 2.51 bits per heavy atom. The highest BCUT2D eigenvalue weighted by Gasteiger charge is 2.54. The number of amides is 3. The maximum atomic E-state index is 14.0. The Morgan fingerprint density at radius 1 is 1.03 bits per heavy atom. The lowest BCUT2D eigenvalue weighted by molar-refractivity contribution is -0.128. The summed E-state index contributed by atoms with van der Waals surface area (Å²) >= 11 is 0. The van der Waals surface area contributed by atoms with E-state index in [1.54, 1.807) is 23.1 Å². The third kappa shape index (κ3) is 4.86. The predicted molar refractivity (Wildman–Crippen MR) is 132 cm³/mol. The smallest absolute Gasteiger partial charge is 0.256 e. The van der Waals surface area contributed by atoms with Crippen LogP contribution in [-0.2, 0) is 16.1 Å². The number of hydrogen-bond acceptors (Lipinski definition) is 5. The first kappa shape index (κ1) is 24.7. The van der Waals surface area contributed by atoms with Crippen molar-refractivity contribution in [2.45, 2.75) is 38.1 Å². The molecule has 2 aliphatic heterocycles. The lowest BCUT2D eigenvalue weighted by Crippen LogP contribution is -2.59. The van der Waals surface area contributed by atoms with Crippen molar-refractivity contribution in [2.24, 2.45) is 0 Å². The van der Waals surface area contributed by atoms with Crippen LogP contribution in [0.15, 0.2) is 71.3 Å². The van der Waals surface area contributed by atoms with Crippen LogP contribution in [0.1, 0.15) is 44.9 Å². The number of aryl methyl sites for hydroxylation is 1. The van der Waals surface area contributed by atoms with Gasteiger partial charge in [-0.15, -0.1) is 0 Å². The molecule has 1 aromatic heterocycles. The van der Waals surface area contributed by atoms with Crippen LogP contribution in [0.3, 0.4) is 0 Å². The second kappa shape index (κ2) is 10.2. The van der Waals surface area contributed by atoms with Crippen LogP contribution in [0.2, 0.25) is 0 Å². The van der Waals surface area contributed by atoms with Crippen molar-refractivity contribution in [2.75, 3.05) is 19.7 Å². The zero-order chi connectivity index (χ0) is 26.0. The van der Waals surface area contributed by atoms with Crippen molar-refractivity contribution < 1.29 is 27.9 Å². The Bertz CT molecular complexity index is 1300. The fourth-order valence-corrected chi connectivity index (χ4v) is 5.08. The van der Waals surface area contributed by atoms with E-state index in [4.69, 9.17) is 9.15 Å². The third-order valence-electron chi connectivity index (χ3n) is 7.08. The fourth-order valence-electron chi connectivity index (χ4n) is 5.08. The Labute approximate surface area is 214 Å². The van der Waals surface area contributed by atoms with E-state index >= 15 is 0 Å². The summed E-state index contributed by atoms with van der Waals surface area (Å²) in [6, 6.07) is 15.4. The molecule has 0 radical (unpaired) electrons. The van der Waals surface area contributed by atoms with Crippen molar-refractivity contribution in [3.05, 3.63) is 95.2 Å². The van der Waals surface area contributed by atoms with Gasteiger partial charge in [0.1, 0.15) is 23.3 Å². The molecule has 1 unspecified atom stereocenters. The lowest BCUT2D eigenvalue weighted by Gasteiger charge is -2.44. The van der Waals surface area contributed by atoms with Gasteiger partial charge in [0.05, 0.1) is 19.4 Å². The Morgan fingerprint density at radius 2 is 1.81 bits per heavy atom. The van der Waals surface area contributed by atoms with E-state index < -0.39 is 29.4 Å². The molecular weight excluding hydrogens is 477 g/mol. The topological polar surface area (TPSA) is 92.1 Å². The molecule has 192 valence electrons. The molecule has 8 nitrogen and oxygen atoms in total. The van der Waals surface area contributed by atoms with Crippen LogP contribution in [0.5, 0.6) is 0 Å². The van der Waals surface area contributed by atoms with E-state index in [1.165, 1.54) is 29.4 Å². The first-order chi connectivity index (χ1) is 17.9. The largest absolute Gasteiger partial charge is 0.467 e. The van der Waals surface area contributed by atoms with Crippen molar-refractivity contribution >= 4 is 17.7 Å². The van der Waals surface area contributed by atoms with Gasteiger partial charge in [-0.1, -0.05) is 24.3 Å². The fraction of sp³-hybridized carbons (Fsp3) is 0.321. The van der Waals surface area contributed by atoms with Gasteiger partial charge in [0, 0.05) is 37.1 Å². The SMILES string of the molecule is Cc1ccccc1C(=O)N1CCC2(CC1)OCC(C(=O)NCc1ccco1)N2C(=O)c1cccc(F)c1. The van der Waals surface area contributed by atoms with Gasteiger partial charge in [-0.2, -0.15) is 0 Å². The summed E-state index contributed by atoms with van der Waals surface area (Å²) in [4.78, 5) is 43.3. The van der Waals surface area contributed by atoms with Crippen molar-refractivity contribution in [3.63, 3.8) is 0 Å².